The molecule has 4 aromatic carbocycles. The molecule has 0 saturated heterocycles. The summed E-state index contributed by atoms with van der Waals surface area (Å²) in [5.74, 6) is -1.78. The average Bonchev–Trinajstić information content (AvgIpc) is 3.35. The van der Waals surface area contributed by atoms with E-state index in [-0.39, 0.29) is 91.2 Å². The molecule has 0 aliphatic heterocycles. The summed E-state index contributed by atoms with van der Waals surface area (Å²) in [5, 5.41) is 0. The normalized spacial score (nSPS) is 10.6. The van der Waals surface area contributed by atoms with Gasteiger partial charge in [-0.1, -0.05) is 0 Å². The van der Waals surface area contributed by atoms with Crippen molar-refractivity contribution >= 4 is 23.9 Å². The molecule has 0 unspecified atom stereocenters. The minimum absolute atomic E-state index is 0.0494. The van der Waals surface area contributed by atoms with Crippen LogP contribution in [0.5, 0.6) is 69.0 Å². The third-order valence-electron chi connectivity index (χ3n) is 9.64. The molecule has 0 fully saturated rings. The van der Waals surface area contributed by atoms with E-state index in [0.29, 0.717) is 0 Å². The van der Waals surface area contributed by atoms with E-state index in [0.717, 1.165) is 0 Å². The molecular weight excluding hydrogens is 860 g/mol. The Bertz CT molecular complexity index is 1900. The van der Waals surface area contributed by atoms with Crippen LogP contribution in [0.3, 0.4) is 0 Å². The predicted octanol–water partition coefficient (Wildman–Crippen LogP) is 5.50. The lowest BCUT2D eigenvalue weighted by Crippen LogP contribution is -2.44. The Hall–Kier alpha value is -7.64. The van der Waals surface area contributed by atoms with Crippen LogP contribution in [0.4, 0.5) is 0 Å². The maximum Gasteiger partial charge on any atom is 0.338 e. The van der Waals surface area contributed by atoms with Crippen molar-refractivity contribution in [1.29, 1.82) is 0 Å². The standard InChI is InChI=1S/C45H52O20/c1-50-29-13-25(14-30(51-2)37(29)58-9)41(46)62-21-45(22-63-42(47)26-15-31(52-3)38(59-10)32(16-26)53-4,23-64-43(48)27-17-33(54-5)39(60-11)34(18-27)55-6)24-65-44(49)28-19-35(56-7)40(61-12)36(20-28)57-8/h13-20H,21-24H2,1-12H3. The fraction of sp³-hybridized carbons (Fsp3) is 0.378. The maximum absolute atomic E-state index is 13.9. The van der Waals surface area contributed by atoms with Crippen molar-refractivity contribution in [2.75, 3.05) is 112 Å². The van der Waals surface area contributed by atoms with Crippen LogP contribution in [0.2, 0.25) is 0 Å². The van der Waals surface area contributed by atoms with Crippen LogP contribution < -0.4 is 56.8 Å². The van der Waals surface area contributed by atoms with Crippen molar-refractivity contribution in [3.63, 3.8) is 0 Å². The van der Waals surface area contributed by atoms with Crippen molar-refractivity contribution in [3.05, 3.63) is 70.8 Å². The predicted molar refractivity (Wildman–Crippen MR) is 228 cm³/mol. The molecule has 0 bridgehead atoms. The summed E-state index contributed by atoms with van der Waals surface area (Å²) in [7, 11) is 16.5. The Morgan fingerprint density at radius 2 is 0.446 bits per heavy atom. The van der Waals surface area contributed by atoms with Crippen molar-refractivity contribution in [2.24, 2.45) is 5.41 Å². The first-order chi connectivity index (χ1) is 31.3. The molecule has 0 aromatic heterocycles. The van der Waals surface area contributed by atoms with Crippen LogP contribution in [0.15, 0.2) is 48.5 Å². The number of methoxy groups -OCH3 is 12. The van der Waals surface area contributed by atoms with Gasteiger partial charge in [0, 0.05) is 0 Å². The quantitative estimate of drug-likeness (QED) is 0.0626. The summed E-state index contributed by atoms with van der Waals surface area (Å²) in [6.45, 7) is -2.79. The van der Waals surface area contributed by atoms with Gasteiger partial charge in [-0.05, 0) is 48.5 Å². The molecule has 4 rings (SSSR count). The van der Waals surface area contributed by atoms with Crippen LogP contribution in [0, 0.1) is 5.41 Å². The maximum atomic E-state index is 13.9. The summed E-state index contributed by atoms with van der Waals surface area (Å²) in [4.78, 5) is 55.6. The molecule has 20 heteroatoms. The van der Waals surface area contributed by atoms with Gasteiger partial charge in [-0.25, -0.2) is 19.2 Å². The molecule has 0 saturated carbocycles. The van der Waals surface area contributed by atoms with Crippen molar-refractivity contribution in [1.82, 2.24) is 0 Å². The molecule has 0 atom stereocenters. The second-order valence-electron chi connectivity index (χ2n) is 13.5. The van der Waals surface area contributed by atoms with E-state index in [1.807, 2.05) is 0 Å². The molecule has 0 aliphatic rings. The Morgan fingerprint density at radius 3 is 0.569 bits per heavy atom. The van der Waals surface area contributed by atoms with Crippen molar-refractivity contribution < 1.29 is 95.0 Å². The molecule has 0 radical (unpaired) electrons. The highest BCUT2D eigenvalue weighted by molar-refractivity contribution is 5.93. The lowest BCUT2D eigenvalue weighted by atomic mass is 9.92. The van der Waals surface area contributed by atoms with E-state index in [1.165, 1.54) is 134 Å². The first kappa shape index (κ1) is 50.0. The van der Waals surface area contributed by atoms with Gasteiger partial charge in [-0.3, -0.25) is 0 Å². The van der Waals surface area contributed by atoms with E-state index in [9.17, 15) is 19.2 Å². The topological polar surface area (TPSA) is 216 Å². The van der Waals surface area contributed by atoms with Crippen LogP contribution in [0.25, 0.3) is 0 Å². The lowest BCUT2D eigenvalue weighted by molar-refractivity contribution is -0.0642. The van der Waals surface area contributed by atoms with Gasteiger partial charge in [0.05, 0.1) is 108 Å². The molecule has 4 aromatic rings. The molecule has 0 aliphatic carbocycles. The smallest absolute Gasteiger partial charge is 0.338 e. The van der Waals surface area contributed by atoms with Gasteiger partial charge < -0.3 is 75.8 Å². The highest BCUT2D eigenvalue weighted by atomic mass is 16.6. The number of hydrogen-bond donors (Lipinski definition) is 0. The number of benzene rings is 4. The highest BCUT2D eigenvalue weighted by Gasteiger charge is 2.39. The molecule has 0 spiro atoms. The summed E-state index contributed by atoms with van der Waals surface area (Å²) in [6, 6.07) is 10.8. The van der Waals surface area contributed by atoms with E-state index in [4.69, 9.17) is 75.8 Å². The van der Waals surface area contributed by atoms with E-state index in [1.54, 1.807) is 0 Å². The van der Waals surface area contributed by atoms with Gasteiger partial charge in [0.1, 0.15) is 31.8 Å². The van der Waals surface area contributed by atoms with E-state index < -0.39 is 55.7 Å². The largest absolute Gasteiger partial charge is 0.493 e. The number of ether oxygens (including phenoxy) is 16. The van der Waals surface area contributed by atoms with E-state index in [2.05, 4.69) is 0 Å². The summed E-state index contributed by atoms with van der Waals surface area (Å²) in [6.07, 6.45) is 0. The number of rotatable bonds is 24. The minimum atomic E-state index is -1.85. The molecule has 0 N–H and O–H groups in total. The first-order valence-corrected chi connectivity index (χ1v) is 19.2. The molecule has 0 heterocycles. The molecule has 0 amide bonds. The second kappa shape index (κ2) is 23.2. The van der Waals surface area contributed by atoms with Crippen LogP contribution >= 0.6 is 0 Å². The number of carbonyl (C=O) groups excluding carboxylic acids is 4. The zero-order chi connectivity index (χ0) is 47.8. The number of hydrogen-bond acceptors (Lipinski definition) is 20. The molecule has 352 valence electrons. The summed E-state index contributed by atoms with van der Waals surface area (Å²) < 4.78 is 88.3. The lowest BCUT2D eigenvalue weighted by Gasteiger charge is -2.32. The van der Waals surface area contributed by atoms with Gasteiger partial charge >= 0.3 is 23.9 Å². The minimum Gasteiger partial charge on any atom is -0.493 e. The van der Waals surface area contributed by atoms with E-state index >= 15 is 0 Å². The van der Waals surface area contributed by atoms with Gasteiger partial charge in [-0.15, -0.1) is 0 Å². The van der Waals surface area contributed by atoms with Crippen molar-refractivity contribution in [2.45, 2.75) is 0 Å². The number of carbonyl (C=O) groups is 4. The summed E-state index contributed by atoms with van der Waals surface area (Å²) >= 11 is 0. The highest BCUT2D eigenvalue weighted by Crippen LogP contribution is 2.42. The fourth-order valence-corrected chi connectivity index (χ4v) is 6.25. The van der Waals surface area contributed by atoms with Gasteiger partial charge in [0.2, 0.25) is 23.0 Å². The molecular formula is C45H52O20. The Balaban J connectivity index is 1.84. The monoisotopic (exact) mass is 912 g/mol. The second-order valence-corrected chi connectivity index (χ2v) is 13.5. The van der Waals surface area contributed by atoms with Crippen LogP contribution in [0.1, 0.15) is 41.4 Å². The first-order valence-electron chi connectivity index (χ1n) is 19.2. The van der Waals surface area contributed by atoms with Crippen LogP contribution in [-0.2, 0) is 18.9 Å². The average molecular weight is 913 g/mol. The van der Waals surface area contributed by atoms with Gasteiger partial charge in [0.25, 0.3) is 0 Å². The third-order valence-corrected chi connectivity index (χ3v) is 9.64. The van der Waals surface area contributed by atoms with Gasteiger partial charge in [-0.2, -0.15) is 0 Å². The van der Waals surface area contributed by atoms with Gasteiger partial charge in [0.15, 0.2) is 46.0 Å². The number of esters is 4. The third kappa shape index (κ3) is 11.5. The zero-order valence-electron chi connectivity index (χ0n) is 38.1. The Labute approximate surface area is 375 Å². The SMILES string of the molecule is COc1cc(C(=O)OCC(COC(=O)c2cc(OC)c(OC)c(OC)c2)(COC(=O)c2cc(OC)c(OC)c(OC)c2)COC(=O)c2cc(OC)c(OC)c(OC)c2)cc(OC)c1OC. The Kier molecular flexibility index (Phi) is 17.8. The molecule has 65 heavy (non-hydrogen) atoms. The Morgan fingerprint density at radius 1 is 0.292 bits per heavy atom. The van der Waals surface area contributed by atoms with Crippen molar-refractivity contribution in [3.8, 4) is 69.0 Å². The van der Waals surface area contributed by atoms with Crippen LogP contribution in [-0.4, -0.2) is 136 Å². The zero-order valence-corrected chi connectivity index (χ0v) is 38.1. The summed E-state index contributed by atoms with van der Waals surface area (Å²) in [5.41, 5.74) is -2.05. The fourth-order valence-electron chi connectivity index (χ4n) is 6.25. The molecule has 20 nitrogen and oxygen atoms in total.